The second-order valence-corrected chi connectivity index (χ2v) is 9.30. The Balaban J connectivity index is 1.94. The van der Waals surface area contributed by atoms with Crippen molar-refractivity contribution in [2.75, 3.05) is 6.54 Å². The Hall–Kier alpha value is -2.12. The summed E-state index contributed by atoms with van der Waals surface area (Å²) in [6.45, 7) is 2.19. The monoisotopic (exact) mass is 494 g/mol. The van der Waals surface area contributed by atoms with E-state index in [1.807, 2.05) is 6.92 Å². The number of halogens is 3. The van der Waals surface area contributed by atoms with Gasteiger partial charge in [-0.2, -0.15) is 0 Å². The molecule has 2 amide bonds. The first-order valence-electron chi connectivity index (χ1n) is 10.3. The Kier molecular flexibility index (Phi) is 6.25. The van der Waals surface area contributed by atoms with Gasteiger partial charge in [-0.25, -0.2) is 4.79 Å². The summed E-state index contributed by atoms with van der Waals surface area (Å²) in [5.41, 5.74) is -1.05. The molecule has 0 saturated carbocycles. The van der Waals surface area contributed by atoms with Crippen molar-refractivity contribution < 1.29 is 19.5 Å². The molecule has 2 aliphatic rings. The van der Waals surface area contributed by atoms with E-state index in [1.165, 1.54) is 11.0 Å². The summed E-state index contributed by atoms with van der Waals surface area (Å²) in [5, 5.41) is 14.2. The average Bonchev–Trinajstić information content (AvgIpc) is 3.25. The molecule has 0 radical (unpaired) electrons. The van der Waals surface area contributed by atoms with E-state index in [0.717, 1.165) is 6.42 Å². The molecule has 0 aromatic heterocycles. The molecule has 2 saturated heterocycles. The lowest BCUT2D eigenvalue weighted by Crippen LogP contribution is -2.53. The standard InChI is InChI=1S/C23H21Cl3N2O4/c1-2-3-9-28-20(29)16-17(21(28)30)23(22(31)32,12-7-5-4-6-8-12)27-19(16)14-10-13(24)11-15(25)18(14)26/h4-8,10-11,16-17,19,27H,2-3,9H2,1H3,(H,31,32). The molecule has 4 unspecified atom stereocenters. The van der Waals surface area contributed by atoms with Crippen molar-refractivity contribution in [3.8, 4) is 0 Å². The summed E-state index contributed by atoms with van der Waals surface area (Å²) < 4.78 is 0. The van der Waals surface area contributed by atoms with Gasteiger partial charge in [0.15, 0.2) is 5.54 Å². The van der Waals surface area contributed by atoms with E-state index in [9.17, 15) is 19.5 Å². The molecule has 2 aliphatic heterocycles. The van der Waals surface area contributed by atoms with Crippen molar-refractivity contribution in [3.63, 3.8) is 0 Å². The molecule has 4 rings (SSSR count). The molecular weight excluding hydrogens is 475 g/mol. The second kappa shape index (κ2) is 8.67. The molecule has 168 valence electrons. The van der Waals surface area contributed by atoms with Crippen molar-refractivity contribution in [2.24, 2.45) is 11.8 Å². The molecule has 2 aromatic rings. The van der Waals surface area contributed by atoms with E-state index in [-0.39, 0.29) is 16.6 Å². The number of nitrogens with zero attached hydrogens (tertiary/aromatic N) is 1. The Labute approximate surface area is 200 Å². The summed E-state index contributed by atoms with van der Waals surface area (Å²) in [7, 11) is 0. The number of unbranched alkanes of at least 4 members (excludes halogenated alkanes) is 1. The van der Waals surface area contributed by atoms with Gasteiger partial charge < -0.3 is 5.11 Å². The molecule has 2 aromatic carbocycles. The molecule has 9 heteroatoms. The van der Waals surface area contributed by atoms with Gasteiger partial charge in [-0.15, -0.1) is 0 Å². The minimum Gasteiger partial charge on any atom is -0.480 e. The maximum Gasteiger partial charge on any atom is 0.329 e. The molecule has 0 aliphatic carbocycles. The number of carboxylic acid groups (broad SMARTS) is 1. The summed E-state index contributed by atoms with van der Waals surface area (Å²) >= 11 is 18.9. The number of carbonyl (C=O) groups is 3. The largest absolute Gasteiger partial charge is 0.480 e. The quantitative estimate of drug-likeness (QED) is 0.449. The van der Waals surface area contributed by atoms with Crippen LogP contribution in [0.25, 0.3) is 0 Å². The van der Waals surface area contributed by atoms with Crippen molar-refractivity contribution in [1.29, 1.82) is 0 Å². The number of likely N-dealkylation sites (tertiary alicyclic amines) is 1. The minimum atomic E-state index is -1.82. The van der Waals surface area contributed by atoms with Crippen LogP contribution in [-0.2, 0) is 19.9 Å². The Morgan fingerprint density at radius 1 is 1.12 bits per heavy atom. The van der Waals surface area contributed by atoms with Gasteiger partial charge in [0.2, 0.25) is 11.8 Å². The molecule has 6 nitrogen and oxygen atoms in total. The number of benzene rings is 2. The Morgan fingerprint density at radius 3 is 2.44 bits per heavy atom. The van der Waals surface area contributed by atoms with Gasteiger partial charge in [0.05, 0.1) is 21.9 Å². The van der Waals surface area contributed by atoms with Crippen LogP contribution in [0.2, 0.25) is 15.1 Å². The zero-order valence-corrected chi connectivity index (χ0v) is 19.4. The fourth-order valence-corrected chi connectivity index (χ4v) is 5.60. The van der Waals surface area contributed by atoms with E-state index in [0.29, 0.717) is 22.6 Å². The predicted molar refractivity (Wildman–Crippen MR) is 122 cm³/mol. The van der Waals surface area contributed by atoms with E-state index in [4.69, 9.17) is 34.8 Å². The summed E-state index contributed by atoms with van der Waals surface area (Å²) in [5.74, 6) is -4.28. The van der Waals surface area contributed by atoms with Crippen molar-refractivity contribution >= 4 is 52.6 Å². The molecule has 2 heterocycles. The van der Waals surface area contributed by atoms with Crippen molar-refractivity contribution in [3.05, 3.63) is 68.7 Å². The molecule has 0 spiro atoms. The number of carbonyl (C=O) groups excluding carboxylic acids is 2. The fraction of sp³-hybridized carbons (Fsp3) is 0.348. The van der Waals surface area contributed by atoms with Gasteiger partial charge in [0.25, 0.3) is 0 Å². The smallest absolute Gasteiger partial charge is 0.329 e. The highest BCUT2D eigenvalue weighted by Gasteiger charge is 2.69. The Morgan fingerprint density at radius 2 is 1.81 bits per heavy atom. The van der Waals surface area contributed by atoms with Crippen molar-refractivity contribution in [1.82, 2.24) is 10.2 Å². The molecular formula is C23H21Cl3N2O4. The lowest BCUT2D eigenvalue weighted by Gasteiger charge is -2.31. The number of rotatable bonds is 6. The molecule has 4 atom stereocenters. The molecule has 2 fully saturated rings. The maximum atomic E-state index is 13.5. The fourth-order valence-electron chi connectivity index (χ4n) is 4.86. The lowest BCUT2D eigenvalue weighted by molar-refractivity contribution is -0.152. The second-order valence-electron chi connectivity index (χ2n) is 8.08. The topological polar surface area (TPSA) is 86.7 Å². The van der Waals surface area contributed by atoms with E-state index < -0.39 is 41.2 Å². The predicted octanol–water partition coefficient (Wildman–Crippen LogP) is 4.67. The van der Waals surface area contributed by atoms with Crippen LogP contribution in [0, 0.1) is 11.8 Å². The first-order chi connectivity index (χ1) is 15.2. The number of aliphatic carboxylic acids is 1. The number of nitrogens with one attached hydrogen (secondary N) is 1. The SMILES string of the molecule is CCCCN1C(=O)C2C(c3cc(Cl)cc(Cl)c3Cl)NC(C(=O)O)(c3ccccc3)C2C1=O. The van der Waals surface area contributed by atoms with Crippen molar-refractivity contribution in [2.45, 2.75) is 31.3 Å². The highest BCUT2D eigenvalue weighted by molar-refractivity contribution is 6.43. The zero-order valence-electron chi connectivity index (χ0n) is 17.1. The first-order valence-corrected chi connectivity index (χ1v) is 11.4. The van der Waals surface area contributed by atoms with Gasteiger partial charge in [-0.3, -0.25) is 19.8 Å². The highest BCUT2D eigenvalue weighted by atomic mass is 35.5. The van der Waals surface area contributed by atoms with Crippen LogP contribution in [0.15, 0.2) is 42.5 Å². The molecule has 2 N–H and O–H groups in total. The van der Waals surface area contributed by atoms with E-state index in [1.54, 1.807) is 36.4 Å². The van der Waals surface area contributed by atoms with Crippen LogP contribution in [0.4, 0.5) is 0 Å². The number of carboxylic acids is 1. The molecule has 32 heavy (non-hydrogen) atoms. The number of imide groups is 1. The third-order valence-corrected chi connectivity index (χ3v) is 7.34. The number of hydrogen-bond donors (Lipinski definition) is 2. The van der Waals surface area contributed by atoms with Crippen LogP contribution in [-0.4, -0.2) is 34.3 Å². The minimum absolute atomic E-state index is 0.161. The Bertz CT molecular complexity index is 1090. The van der Waals surface area contributed by atoms with E-state index >= 15 is 0 Å². The van der Waals surface area contributed by atoms with Crippen LogP contribution < -0.4 is 5.32 Å². The van der Waals surface area contributed by atoms with Crippen LogP contribution in [0.1, 0.15) is 36.9 Å². The van der Waals surface area contributed by atoms with Gasteiger partial charge in [0.1, 0.15) is 0 Å². The normalized spacial score (nSPS) is 27.1. The van der Waals surface area contributed by atoms with Gasteiger partial charge in [0, 0.05) is 17.6 Å². The number of hydrogen-bond acceptors (Lipinski definition) is 4. The summed E-state index contributed by atoms with van der Waals surface area (Å²) in [6.07, 6.45) is 1.41. The summed E-state index contributed by atoms with van der Waals surface area (Å²) in [4.78, 5) is 41.0. The average molecular weight is 496 g/mol. The van der Waals surface area contributed by atoms with Crippen LogP contribution >= 0.6 is 34.8 Å². The van der Waals surface area contributed by atoms with Gasteiger partial charge >= 0.3 is 5.97 Å². The highest BCUT2D eigenvalue weighted by Crippen LogP contribution is 2.54. The first kappa shape index (κ1) is 23.1. The van der Waals surface area contributed by atoms with Gasteiger partial charge in [-0.1, -0.05) is 78.5 Å². The lowest BCUT2D eigenvalue weighted by atomic mass is 9.75. The maximum absolute atomic E-state index is 13.5. The van der Waals surface area contributed by atoms with Crippen LogP contribution in [0.5, 0.6) is 0 Å². The van der Waals surface area contributed by atoms with E-state index in [2.05, 4.69) is 5.32 Å². The van der Waals surface area contributed by atoms with Crippen LogP contribution in [0.3, 0.4) is 0 Å². The number of fused-ring (bicyclic) bond motifs is 1. The number of amides is 2. The zero-order chi connectivity index (χ0) is 23.2. The third kappa shape index (κ3) is 3.41. The third-order valence-electron chi connectivity index (χ3n) is 6.31. The summed E-state index contributed by atoms with van der Waals surface area (Å²) in [6, 6.07) is 10.6. The molecule has 0 bridgehead atoms. The van der Waals surface area contributed by atoms with Gasteiger partial charge in [-0.05, 0) is 29.7 Å².